The lowest BCUT2D eigenvalue weighted by Gasteiger charge is -2.39. The summed E-state index contributed by atoms with van der Waals surface area (Å²) in [5, 5.41) is -0.105. The number of hydrogen-bond donors (Lipinski definition) is 1. The van der Waals surface area contributed by atoms with Gasteiger partial charge in [0.15, 0.2) is 14.5 Å². The fourth-order valence-electron chi connectivity index (χ4n) is 5.43. The predicted molar refractivity (Wildman–Crippen MR) is 178 cm³/mol. The molecule has 4 aromatic rings. The Balaban J connectivity index is 1.58. The Bertz CT molecular complexity index is 1690. The van der Waals surface area contributed by atoms with Gasteiger partial charge in [-0.1, -0.05) is 100 Å². The van der Waals surface area contributed by atoms with Crippen LogP contribution in [-0.2, 0) is 19.5 Å². The molecular weight excluding hydrogens is 584 g/mol. The van der Waals surface area contributed by atoms with Gasteiger partial charge in [0.25, 0.3) is 5.56 Å². The molecule has 1 N–H and O–H groups in total. The maximum absolute atomic E-state index is 13.0. The maximum atomic E-state index is 13.0. The minimum Gasteiger partial charge on any atom is -0.497 e. The molecule has 0 spiro atoms. The van der Waals surface area contributed by atoms with Crippen molar-refractivity contribution in [3.63, 3.8) is 0 Å². The quantitative estimate of drug-likeness (QED) is 0.125. The second kappa shape index (κ2) is 12.8. The molecule has 0 saturated carbocycles. The van der Waals surface area contributed by atoms with Crippen LogP contribution in [0.2, 0.25) is 18.1 Å². The molecule has 5 rings (SSSR count). The van der Waals surface area contributed by atoms with Gasteiger partial charge in [0.05, 0.1) is 13.7 Å². The van der Waals surface area contributed by atoms with Gasteiger partial charge in [-0.25, -0.2) is 4.79 Å². The van der Waals surface area contributed by atoms with E-state index in [1.807, 2.05) is 84.9 Å². The van der Waals surface area contributed by atoms with E-state index in [1.165, 1.54) is 16.8 Å². The average molecular weight is 627 g/mol. The van der Waals surface area contributed by atoms with Crippen molar-refractivity contribution in [3.8, 4) is 5.75 Å². The maximum Gasteiger partial charge on any atom is 0.330 e. The van der Waals surface area contributed by atoms with Crippen LogP contribution in [0.25, 0.3) is 0 Å². The van der Waals surface area contributed by atoms with Gasteiger partial charge in [-0.15, -0.1) is 0 Å². The van der Waals surface area contributed by atoms with E-state index in [-0.39, 0.29) is 11.6 Å². The predicted octanol–water partition coefficient (Wildman–Crippen LogP) is 6.40. The first-order chi connectivity index (χ1) is 21.4. The van der Waals surface area contributed by atoms with Crippen molar-refractivity contribution >= 4 is 8.32 Å². The summed E-state index contributed by atoms with van der Waals surface area (Å²) in [6.07, 6.45) is -0.645. The van der Waals surface area contributed by atoms with E-state index in [1.54, 1.807) is 7.11 Å². The largest absolute Gasteiger partial charge is 0.497 e. The Morgan fingerprint density at radius 2 is 1.42 bits per heavy atom. The molecule has 3 aromatic carbocycles. The van der Waals surface area contributed by atoms with E-state index < -0.39 is 43.6 Å². The van der Waals surface area contributed by atoms with Gasteiger partial charge < -0.3 is 18.6 Å². The minimum atomic E-state index is -2.35. The van der Waals surface area contributed by atoms with Gasteiger partial charge in [0, 0.05) is 12.3 Å². The van der Waals surface area contributed by atoms with Crippen LogP contribution < -0.4 is 16.0 Å². The van der Waals surface area contributed by atoms with E-state index in [0.717, 1.165) is 22.4 Å². The molecule has 8 nitrogen and oxygen atoms in total. The molecule has 0 bridgehead atoms. The number of ether oxygens (including phenoxy) is 3. The van der Waals surface area contributed by atoms with E-state index in [0.29, 0.717) is 5.57 Å². The zero-order valence-electron chi connectivity index (χ0n) is 26.8. The average Bonchev–Trinajstić information content (AvgIpc) is 3.32. The van der Waals surface area contributed by atoms with E-state index >= 15 is 0 Å². The fourth-order valence-corrected chi connectivity index (χ4v) is 6.69. The monoisotopic (exact) mass is 626 g/mol. The lowest BCUT2D eigenvalue weighted by Crippen LogP contribution is -2.46. The van der Waals surface area contributed by atoms with Crippen LogP contribution in [0.4, 0.5) is 0 Å². The number of aromatic amines is 1. The number of benzene rings is 3. The molecule has 9 heteroatoms. The topological polar surface area (TPSA) is 91.8 Å². The summed E-state index contributed by atoms with van der Waals surface area (Å²) in [7, 11) is -0.710. The number of H-pyrrole nitrogens is 1. The third-order valence-electron chi connectivity index (χ3n) is 9.00. The highest BCUT2D eigenvalue weighted by atomic mass is 28.4. The van der Waals surface area contributed by atoms with Gasteiger partial charge in [-0.05, 0) is 52.5 Å². The summed E-state index contributed by atoms with van der Waals surface area (Å²) in [4.78, 5) is 27.2. The van der Waals surface area contributed by atoms with Crippen molar-refractivity contribution in [1.29, 1.82) is 0 Å². The van der Waals surface area contributed by atoms with Crippen molar-refractivity contribution in [2.24, 2.45) is 0 Å². The number of nitrogens with zero attached hydrogens (tertiary/aromatic N) is 1. The molecule has 3 atom stereocenters. The molecule has 1 saturated heterocycles. The van der Waals surface area contributed by atoms with E-state index in [2.05, 4.69) is 45.4 Å². The Morgan fingerprint density at radius 3 is 1.93 bits per heavy atom. The standard InChI is InChI=1S/C36H42N2O6Si/c1-25-30(43-33(38-23-22-31(39)37-34(38)40)32(25)44-45(6,7)35(2,3)4)24-42-36(26-14-10-8-11-15-26,27-16-12-9-13-17-27)28-18-20-29(41-5)21-19-28/h8-23,30,32-33H,1,24H2,2-7H3,(H,37,39,40)/t30-,32-,33-/m1/s1. The molecule has 45 heavy (non-hydrogen) atoms. The van der Waals surface area contributed by atoms with Crippen LogP contribution in [-0.4, -0.2) is 43.8 Å². The SMILES string of the molecule is C=C1[C@@H](O[Si](C)(C)C(C)(C)C)[C@H](n2ccc(=O)[nH]c2=O)O[C@@H]1COC(c1ccccc1)(c1ccccc1)c1ccc(OC)cc1. The summed E-state index contributed by atoms with van der Waals surface area (Å²) in [6.45, 7) is 15.3. The molecular formula is C36H42N2O6Si. The first-order valence-electron chi connectivity index (χ1n) is 15.1. The van der Waals surface area contributed by atoms with Crippen LogP contribution >= 0.6 is 0 Å². The number of aromatic nitrogens is 2. The highest BCUT2D eigenvalue weighted by Crippen LogP contribution is 2.45. The Morgan fingerprint density at radius 1 is 0.867 bits per heavy atom. The smallest absolute Gasteiger partial charge is 0.330 e. The molecule has 0 aliphatic carbocycles. The van der Waals surface area contributed by atoms with Crippen molar-refractivity contribution in [1.82, 2.24) is 9.55 Å². The lowest BCUT2D eigenvalue weighted by molar-refractivity contribution is -0.0843. The Labute approximate surface area is 265 Å². The third kappa shape index (κ3) is 6.39. The van der Waals surface area contributed by atoms with Crippen molar-refractivity contribution < 1.29 is 18.6 Å². The minimum absolute atomic E-state index is 0.105. The molecule has 2 heterocycles. The molecule has 0 radical (unpaired) electrons. The van der Waals surface area contributed by atoms with Gasteiger partial charge in [-0.2, -0.15) is 0 Å². The highest BCUT2D eigenvalue weighted by Gasteiger charge is 2.48. The van der Waals surface area contributed by atoms with Gasteiger partial charge in [0.1, 0.15) is 23.6 Å². The van der Waals surface area contributed by atoms with Gasteiger partial charge in [0.2, 0.25) is 0 Å². The van der Waals surface area contributed by atoms with E-state index in [9.17, 15) is 9.59 Å². The second-order valence-corrected chi connectivity index (χ2v) is 17.6. The molecule has 1 aliphatic rings. The van der Waals surface area contributed by atoms with Crippen LogP contribution in [0.15, 0.2) is 119 Å². The van der Waals surface area contributed by atoms with Crippen molar-refractivity contribution in [2.75, 3.05) is 13.7 Å². The normalized spacial score (nSPS) is 19.1. The molecule has 1 aromatic heterocycles. The summed E-state index contributed by atoms with van der Waals surface area (Å²) < 4.78 is 27.4. The van der Waals surface area contributed by atoms with Crippen molar-refractivity contribution in [3.05, 3.63) is 147 Å². The van der Waals surface area contributed by atoms with Crippen LogP contribution in [0.1, 0.15) is 43.7 Å². The zero-order chi connectivity index (χ0) is 32.4. The molecule has 0 amide bonds. The third-order valence-corrected chi connectivity index (χ3v) is 13.5. The van der Waals surface area contributed by atoms with Crippen LogP contribution in [0.3, 0.4) is 0 Å². The first-order valence-corrected chi connectivity index (χ1v) is 18.0. The number of hydrogen-bond acceptors (Lipinski definition) is 6. The molecule has 236 valence electrons. The number of nitrogens with one attached hydrogen (secondary N) is 1. The summed E-state index contributed by atoms with van der Waals surface area (Å²) >= 11 is 0. The summed E-state index contributed by atoms with van der Waals surface area (Å²) in [5.74, 6) is 0.737. The zero-order valence-corrected chi connectivity index (χ0v) is 27.8. The summed E-state index contributed by atoms with van der Waals surface area (Å²) in [6, 6.07) is 29.3. The number of methoxy groups -OCH3 is 1. The number of rotatable bonds is 10. The molecule has 1 aliphatic heterocycles. The fraction of sp³-hybridized carbons (Fsp3) is 0.333. The lowest BCUT2D eigenvalue weighted by atomic mass is 9.80. The summed E-state index contributed by atoms with van der Waals surface area (Å²) in [5.41, 5.74) is 1.39. The Hall–Kier alpha value is -4.02. The highest BCUT2D eigenvalue weighted by molar-refractivity contribution is 6.74. The first kappa shape index (κ1) is 32.4. The Kier molecular flexibility index (Phi) is 9.18. The molecule has 0 unspecified atom stereocenters. The van der Waals surface area contributed by atoms with E-state index in [4.69, 9.17) is 18.6 Å². The van der Waals surface area contributed by atoms with Gasteiger partial charge in [-0.3, -0.25) is 14.3 Å². The van der Waals surface area contributed by atoms with Gasteiger partial charge >= 0.3 is 5.69 Å². The second-order valence-electron chi connectivity index (χ2n) is 12.9. The van der Waals surface area contributed by atoms with Crippen molar-refractivity contribution in [2.45, 2.75) is 62.9 Å². The van der Waals surface area contributed by atoms with Crippen LogP contribution in [0, 0.1) is 0 Å². The molecule has 1 fully saturated rings. The van der Waals surface area contributed by atoms with Crippen LogP contribution in [0.5, 0.6) is 5.75 Å².